The zero-order valence-electron chi connectivity index (χ0n) is 23.9. The van der Waals surface area contributed by atoms with Crippen molar-refractivity contribution >= 4 is 29.0 Å². The molecule has 2 aromatic rings. The largest absolute Gasteiger partial charge is 0.381 e. The number of likely N-dealkylation sites (tertiary alicyclic amines) is 1. The maximum atomic E-state index is 13.8. The third-order valence-corrected chi connectivity index (χ3v) is 10.3. The van der Waals surface area contributed by atoms with Gasteiger partial charge in [0.2, 0.25) is 0 Å². The van der Waals surface area contributed by atoms with Crippen molar-refractivity contribution < 1.29 is 4.79 Å². The van der Waals surface area contributed by atoms with Crippen molar-refractivity contribution in [3.8, 4) is 0 Å². The standard InChI is InChI=1S/C30H47ClN8O/c31-22-19-33-29-27(28(32)35-39(29)20-22)30(40)34-25-21-38(24-9-6-4-2-1-3-5-7-10-24)14-13-26(25)37-17-15-36(16-18-37)23-11-8-12-23/h19-20,23-26H,1-18,21H2,(H2,32,35)(H,34,40). The van der Waals surface area contributed by atoms with E-state index < -0.39 is 0 Å². The van der Waals surface area contributed by atoms with Gasteiger partial charge in [0.05, 0.1) is 17.3 Å². The molecule has 4 aliphatic rings. The molecule has 4 fully saturated rings. The van der Waals surface area contributed by atoms with Crippen molar-refractivity contribution in [3.63, 3.8) is 0 Å². The molecule has 1 amide bonds. The number of carbonyl (C=O) groups is 1. The second-order valence-electron chi connectivity index (χ2n) is 12.6. The first-order valence-electron chi connectivity index (χ1n) is 15.9. The average molecular weight is 571 g/mol. The highest BCUT2D eigenvalue weighted by Crippen LogP contribution is 2.29. The van der Waals surface area contributed by atoms with Gasteiger partial charge in [-0.05, 0) is 32.1 Å². The summed E-state index contributed by atoms with van der Waals surface area (Å²) < 4.78 is 1.51. The van der Waals surface area contributed by atoms with Gasteiger partial charge in [-0.2, -0.15) is 0 Å². The van der Waals surface area contributed by atoms with Gasteiger partial charge < -0.3 is 11.1 Å². The fourth-order valence-electron chi connectivity index (χ4n) is 7.60. The van der Waals surface area contributed by atoms with Crippen LogP contribution in [0.25, 0.3) is 5.65 Å². The van der Waals surface area contributed by atoms with Crippen molar-refractivity contribution in [2.75, 3.05) is 45.0 Å². The molecule has 2 aliphatic carbocycles. The highest BCUT2D eigenvalue weighted by molar-refractivity contribution is 6.30. The normalized spacial score (nSPS) is 27.4. The molecular formula is C30H47ClN8O. The van der Waals surface area contributed by atoms with E-state index in [9.17, 15) is 4.79 Å². The van der Waals surface area contributed by atoms with E-state index in [1.807, 2.05) is 0 Å². The molecule has 10 heteroatoms. The number of hydrogen-bond donors (Lipinski definition) is 2. The molecule has 2 unspecified atom stereocenters. The predicted molar refractivity (Wildman–Crippen MR) is 160 cm³/mol. The summed E-state index contributed by atoms with van der Waals surface area (Å²) in [4.78, 5) is 26.3. The molecule has 40 heavy (non-hydrogen) atoms. The summed E-state index contributed by atoms with van der Waals surface area (Å²) in [7, 11) is 0. The molecule has 2 atom stereocenters. The Labute approximate surface area is 243 Å². The number of carbonyl (C=O) groups excluding carboxylic acids is 1. The minimum absolute atomic E-state index is 0.0357. The Hall–Kier alpha value is -1.94. The Balaban J connectivity index is 1.19. The molecular weight excluding hydrogens is 524 g/mol. The number of nitrogens with one attached hydrogen (secondary N) is 1. The zero-order valence-corrected chi connectivity index (χ0v) is 24.7. The van der Waals surface area contributed by atoms with Crippen LogP contribution in [-0.2, 0) is 0 Å². The van der Waals surface area contributed by atoms with E-state index >= 15 is 0 Å². The molecule has 0 bridgehead atoms. The first kappa shape index (κ1) is 28.2. The Kier molecular flexibility index (Phi) is 9.11. The second kappa shape index (κ2) is 12.9. The molecule has 0 spiro atoms. The van der Waals surface area contributed by atoms with Gasteiger partial charge in [0, 0.05) is 63.6 Å². The molecule has 2 saturated carbocycles. The molecule has 0 radical (unpaired) electrons. The smallest absolute Gasteiger partial charge is 0.259 e. The highest BCUT2D eigenvalue weighted by Gasteiger charge is 2.39. The number of nitrogens with zero attached hydrogens (tertiary/aromatic N) is 6. The number of piperidine rings is 1. The lowest BCUT2D eigenvalue weighted by atomic mass is 9.90. The van der Waals surface area contributed by atoms with E-state index in [1.54, 1.807) is 12.4 Å². The summed E-state index contributed by atoms with van der Waals surface area (Å²) in [5, 5.41) is 8.22. The monoisotopic (exact) mass is 570 g/mol. The van der Waals surface area contributed by atoms with Crippen LogP contribution in [-0.4, -0.2) is 98.6 Å². The van der Waals surface area contributed by atoms with E-state index in [0.29, 0.717) is 28.3 Å². The Morgan fingerprint density at radius 3 is 2.12 bits per heavy atom. The molecule has 2 saturated heterocycles. The second-order valence-corrected chi connectivity index (χ2v) is 13.0. The Morgan fingerprint density at radius 1 is 0.825 bits per heavy atom. The maximum absolute atomic E-state index is 13.8. The van der Waals surface area contributed by atoms with E-state index in [2.05, 4.69) is 30.1 Å². The van der Waals surface area contributed by atoms with Gasteiger partial charge in [-0.15, -0.1) is 5.10 Å². The lowest BCUT2D eigenvalue weighted by Crippen LogP contribution is -2.65. The summed E-state index contributed by atoms with van der Waals surface area (Å²) in [5.41, 5.74) is 7.05. The summed E-state index contributed by atoms with van der Waals surface area (Å²) in [6, 6.07) is 1.77. The Bertz CT molecular complexity index is 1130. The first-order chi connectivity index (χ1) is 19.6. The third-order valence-electron chi connectivity index (χ3n) is 10.1. The lowest BCUT2D eigenvalue weighted by Gasteiger charge is -2.50. The van der Waals surface area contributed by atoms with Gasteiger partial charge in [0.15, 0.2) is 11.5 Å². The van der Waals surface area contributed by atoms with Crippen LogP contribution in [0.3, 0.4) is 0 Å². The van der Waals surface area contributed by atoms with Crippen LogP contribution in [0, 0.1) is 0 Å². The van der Waals surface area contributed by atoms with Crippen LogP contribution < -0.4 is 11.1 Å². The number of aromatic nitrogens is 3. The van der Waals surface area contributed by atoms with Gasteiger partial charge >= 0.3 is 0 Å². The number of rotatable bonds is 5. The summed E-state index contributed by atoms with van der Waals surface area (Å²) in [6.45, 7) is 6.44. The predicted octanol–water partition coefficient (Wildman–Crippen LogP) is 4.20. The number of nitrogen functional groups attached to an aromatic ring is 1. The van der Waals surface area contributed by atoms with Crippen molar-refractivity contribution in [2.24, 2.45) is 0 Å². The zero-order chi connectivity index (χ0) is 27.5. The van der Waals surface area contributed by atoms with Crippen LogP contribution in [0.4, 0.5) is 5.82 Å². The van der Waals surface area contributed by atoms with Gasteiger partial charge in [0.1, 0.15) is 5.56 Å². The van der Waals surface area contributed by atoms with E-state index in [0.717, 1.165) is 51.7 Å². The first-order valence-corrected chi connectivity index (χ1v) is 16.3. The topological polar surface area (TPSA) is 95.0 Å². The van der Waals surface area contributed by atoms with Crippen molar-refractivity contribution in [2.45, 2.75) is 108 Å². The van der Waals surface area contributed by atoms with Crippen molar-refractivity contribution in [1.29, 1.82) is 0 Å². The number of anilines is 1. The number of nitrogens with two attached hydrogens (primary N) is 1. The van der Waals surface area contributed by atoms with Crippen LogP contribution in [0.5, 0.6) is 0 Å². The minimum Gasteiger partial charge on any atom is -0.381 e. The molecule has 9 nitrogen and oxygen atoms in total. The molecule has 220 valence electrons. The number of amides is 1. The van der Waals surface area contributed by atoms with E-state index in [1.165, 1.54) is 81.6 Å². The van der Waals surface area contributed by atoms with Crippen LogP contribution in [0.15, 0.2) is 12.4 Å². The highest BCUT2D eigenvalue weighted by atomic mass is 35.5. The minimum atomic E-state index is -0.182. The molecule has 0 aromatic carbocycles. The third kappa shape index (κ3) is 6.27. The molecule has 2 aliphatic heterocycles. The van der Waals surface area contributed by atoms with Gasteiger partial charge in [-0.25, -0.2) is 9.50 Å². The van der Waals surface area contributed by atoms with E-state index in [-0.39, 0.29) is 17.8 Å². The summed E-state index contributed by atoms with van der Waals surface area (Å²) in [6.07, 6.45) is 20.4. The fourth-order valence-corrected chi connectivity index (χ4v) is 7.74. The van der Waals surface area contributed by atoms with Gasteiger partial charge in [-0.1, -0.05) is 63.0 Å². The van der Waals surface area contributed by atoms with Crippen molar-refractivity contribution in [3.05, 3.63) is 23.0 Å². The molecule has 4 heterocycles. The number of hydrogen-bond acceptors (Lipinski definition) is 7. The van der Waals surface area contributed by atoms with Crippen LogP contribution in [0.2, 0.25) is 5.02 Å². The number of piperazine rings is 1. The molecule has 2 aromatic heterocycles. The molecule has 3 N–H and O–H groups in total. The van der Waals surface area contributed by atoms with Gasteiger partial charge in [-0.3, -0.25) is 19.5 Å². The van der Waals surface area contributed by atoms with Crippen LogP contribution >= 0.6 is 11.6 Å². The average Bonchev–Trinajstić information content (AvgIpc) is 3.26. The lowest BCUT2D eigenvalue weighted by molar-refractivity contribution is 0.00330. The summed E-state index contributed by atoms with van der Waals surface area (Å²) >= 11 is 6.11. The quantitative estimate of drug-likeness (QED) is 0.556. The van der Waals surface area contributed by atoms with E-state index in [4.69, 9.17) is 17.3 Å². The van der Waals surface area contributed by atoms with Gasteiger partial charge in [0.25, 0.3) is 5.91 Å². The van der Waals surface area contributed by atoms with Crippen molar-refractivity contribution in [1.82, 2.24) is 34.6 Å². The molecule has 6 rings (SSSR count). The Morgan fingerprint density at radius 2 is 1.45 bits per heavy atom. The summed E-state index contributed by atoms with van der Waals surface area (Å²) in [5.74, 6) is 0.0103. The maximum Gasteiger partial charge on any atom is 0.259 e. The number of fused-ring (bicyclic) bond motifs is 1. The fraction of sp³-hybridized carbons (Fsp3) is 0.767. The SMILES string of the molecule is Nc1nn2cc(Cl)cnc2c1C(=O)NC1CN(C2CCCCCCCCC2)CCC1N1CCN(C2CCC2)CC1. The number of halogens is 1. The van der Waals surface area contributed by atoms with Crippen LogP contribution in [0.1, 0.15) is 93.8 Å².